The molecule has 0 radical (unpaired) electrons. The Morgan fingerprint density at radius 2 is 1.72 bits per heavy atom. The number of para-hydroxylation sites is 1. The molecule has 0 saturated carbocycles. The molecular weight excluding hydrogens is 321 g/mol. The van der Waals surface area contributed by atoms with Crippen molar-refractivity contribution in [2.75, 3.05) is 5.32 Å². The van der Waals surface area contributed by atoms with Gasteiger partial charge in [-0.3, -0.25) is 4.79 Å². The van der Waals surface area contributed by atoms with Gasteiger partial charge in [0.25, 0.3) is 5.91 Å². The molecule has 2 rings (SSSR count). The van der Waals surface area contributed by atoms with Gasteiger partial charge in [0.15, 0.2) is 6.10 Å². The summed E-state index contributed by atoms with van der Waals surface area (Å²) < 4.78 is 18.1. The molecule has 0 aliphatic heterocycles. The molecular formula is C20H22FNO3. The van der Waals surface area contributed by atoms with E-state index in [1.54, 1.807) is 0 Å². The number of nitrogens with one attached hydrogen (secondary N) is 1. The molecule has 0 unspecified atom stereocenters. The summed E-state index contributed by atoms with van der Waals surface area (Å²) in [5.41, 5.74) is 1.95. The fourth-order valence-corrected chi connectivity index (χ4v) is 2.36. The van der Waals surface area contributed by atoms with Crippen LogP contribution >= 0.6 is 0 Å². The molecule has 0 aromatic heterocycles. The quantitative estimate of drug-likeness (QED) is 0.785. The average molecular weight is 343 g/mol. The minimum Gasteiger partial charge on any atom is -0.449 e. The number of amides is 1. The summed E-state index contributed by atoms with van der Waals surface area (Å²) in [6, 6.07) is 12.5. The molecule has 4 nitrogen and oxygen atoms in total. The molecule has 132 valence electrons. The van der Waals surface area contributed by atoms with Crippen molar-refractivity contribution in [3.05, 3.63) is 65.5 Å². The van der Waals surface area contributed by atoms with Crippen LogP contribution in [-0.2, 0) is 9.53 Å². The summed E-state index contributed by atoms with van der Waals surface area (Å²) in [6.45, 7) is 5.67. The molecule has 0 spiro atoms. The summed E-state index contributed by atoms with van der Waals surface area (Å²) in [7, 11) is 0. The maximum Gasteiger partial charge on any atom is 0.338 e. The van der Waals surface area contributed by atoms with Gasteiger partial charge in [0.2, 0.25) is 0 Å². The van der Waals surface area contributed by atoms with Crippen molar-refractivity contribution in [2.24, 2.45) is 0 Å². The fraction of sp³-hybridized carbons (Fsp3) is 0.300. The SMILES string of the molecule is CC[C@H](C)c1ccccc1NC(=O)[C@@H](C)OC(=O)c1ccc(F)cc1. The van der Waals surface area contributed by atoms with Crippen LogP contribution in [0.1, 0.15) is 49.0 Å². The molecule has 0 aliphatic rings. The van der Waals surface area contributed by atoms with Crippen LogP contribution in [0, 0.1) is 5.82 Å². The third-order valence-electron chi connectivity index (χ3n) is 4.09. The zero-order valence-electron chi connectivity index (χ0n) is 14.6. The van der Waals surface area contributed by atoms with Gasteiger partial charge in [0, 0.05) is 5.69 Å². The van der Waals surface area contributed by atoms with E-state index >= 15 is 0 Å². The first-order valence-electron chi connectivity index (χ1n) is 8.28. The van der Waals surface area contributed by atoms with Gasteiger partial charge < -0.3 is 10.1 Å². The molecule has 1 N–H and O–H groups in total. The monoisotopic (exact) mass is 343 g/mol. The highest BCUT2D eigenvalue weighted by Crippen LogP contribution is 2.26. The van der Waals surface area contributed by atoms with Crippen LogP contribution in [0.25, 0.3) is 0 Å². The van der Waals surface area contributed by atoms with Crippen molar-refractivity contribution in [3.63, 3.8) is 0 Å². The van der Waals surface area contributed by atoms with Crippen LogP contribution in [0.2, 0.25) is 0 Å². The zero-order valence-corrected chi connectivity index (χ0v) is 14.6. The third-order valence-corrected chi connectivity index (χ3v) is 4.09. The van der Waals surface area contributed by atoms with Gasteiger partial charge in [-0.15, -0.1) is 0 Å². The molecule has 0 fully saturated rings. The van der Waals surface area contributed by atoms with E-state index in [1.165, 1.54) is 31.2 Å². The number of carbonyl (C=O) groups excluding carboxylic acids is 2. The molecule has 2 aromatic carbocycles. The summed E-state index contributed by atoms with van der Waals surface area (Å²) >= 11 is 0. The molecule has 25 heavy (non-hydrogen) atoms. The Hall–Kier alpha value is -2.69. The number of carbonyl (C=O) groups is 2. The standard InChI is InChI=1S/C20H22FNO3/c1-4-13(2)17-7-5-6-8-18(17)22-19(23)14(3)25-20(24)15-9-11-16(21)12-10-15/h5-14H,4H2,1-3H3,(H,22,23)/t13-,14+/m0/s1. The van der Waals surface area contributed by atoms with E-state index in [9.17, 15) is 14.0 Å². The number of hydrogen-bond acceptors (Lipinski definition) is 3. The van der Waals surface area contributed by atoms with Gasteiger partial charge in [-0.25, -0.2) is 9.18 Å². The van der Waals surface area contributed by atoms with Crippen LogP contribution in [0.5, 0.6) is 0 Å². The molecule has 0 heterocycles. The maximum absolute atomic E-state index is 12.9. The van der Waals surface area contributed by atoms with Crippen molar-refractivity contribution < 1.29 is 18.7 Å². The van der Waals surface area contributed by atoms with Crippen LogP contribution in [0.4, 0.5) is 10.1 Å². The summed E-state index contributed by atoms with van der Waals surface area (Å²) in [4.78, 5) is 24.4. The predicted octanol–water partition coefficient (Wildman–Crippen LogP) is 4.52. The van der Waals surface area contributed by atoms with Gasteiger partial charge >= 0.3 is 5.97 Å². The minimum atomic E-state index is -0.970. The van der Waals surface area contributed by atoms with E-state index in [1.807, 2.05) is 24.3 Å². The number of ether oxygens (including phenoxy) is 1. The van der Waals surface area contributed by atoms with Crippen molar-refractivity contribution >= 4 is 17.6 Å². The molecule has 0 aliphatic carbocycles. The lowest BCUT2D eigenvalue weighted by molar-refractivity contribution is -0.123. The number of benzene rings is 2. The minimum absolute atomic E-state index is 0.195. The first kappa shape index (κ1) is 18.6. The van der Waals surface area contributed by atoms with E-state index in [-0.39, 0.29) is 5.56 Å². The van der Waals surface area contributed by atoms with Crippen molar-refractivity contribution in [1.29, 1.82) is 0 Å². The van der Waals surface area contributed by atoms with Gasteiger partial charge in [0.1, 0.15) is 5.82 Å². The lowest BCUT2D eigenvalue weighted by Crippen LogP contribution is -2.30. The summed E-state index contributed by atoms with van der Waals surface area (Å²) in [5.74, 6) is -1.22. The van der Waals surface area contributed by atoms with Gasteiger partial charge in [-0.05, 0) is 55.2 Å². The van der Waals surface area contributed by atoms with Crippen LogP contribution in [0.3, 0.4) is 0 Å². The number of esters is 1. The van der Waals surface area contributed by atoms with Crippen molar-refractivity contribution in [2.45, 2.75) is 39.2 Å². The fourth-order valence-electron chi connectivity index (χ4n) is 2.36. The Bertz CT molecular complexity index is 743. The first-order chi connectivity index (χ1) is 11.9. The molecule has 2 aromatic rings. The Labute approximate surface area is 147 Å². The smallest absolute Gasteiger partial charge is 0.338 e. The lowest BCUT2D eigenvalue weighted by atomic mass is 9.97. The zero-order chi connectivity index (χ0) is 18.4. The number of anilines is 1. The van der Waals surface area contributed by atoms with Gasteiger partial charge in [0.05, 0.1) is 5.56 Å². The highest BCUT2D eigenvalue weighted by molar-refractivity contribution is 5.97. The van der Waals surface area contributed by atoms with E-state index < -0.39 is 23.8 Å². The summed E-state index contributed by atoms with van der Waals surface area (Å²) in [5, 5.41) is 2.82. The van der Waals surface area contributed by atoms with Gasteiger partial charge in [-0.1, -0.05) is 32.0 Å². The summed E-state index contributed by atoms with van der Waals surface area (Å²) in [6.07, 6.45) is -0.0234. The highest BCUT2D eigenvalue weighted by atomic mass is 19.1. The van der Waals surface area contributed by atoms with Crippen LogP contribution in [0.15, 0.2) is 48.5 Å². The Kier molecular flexibility index (Phi) is 6.28. The first-order valence-corrected chi connectivity index (χ1v) is 8.28. The lowest BCUT2D eigenvalue weighted by Gasteiger charge is -2.18. The second kappa shape index (κ2) is 8.42. The van der Waals surface area contributed by atoms with Crippen LogP contribution < -0.4 is 5.32 Å². The molecule has 0 bridgehead atoms. The normalized spacial score (nSPS) is 13.0. The van der Waals surface area contributed by atoms with E-state index in [4.69, 9.17) is 4.74 Å². The third kappa shape index (κ3) is 4.89. The van der Waals surface area contributed by atoms with E-state index in [0.717, 1.165) is 12.0 Å². The van der Waals surface area contributed by atoms with Gasteiger partial charge in [-0.2, -0.15) is 0 Å². The Morgan fingerprint density at radius 3 is 2.36 bits per heavy atom. The van der Waals surface area contributed by atoms with E-state index in [0.29, 0.717) is 11.6 Å². The van der Waals surface area contributed by atoms with E-state index in [2.05, 4.69) is 19.2 Å². The molecule has 5 heteroatoms. The second-order valence-corrected chi connectivity index (χ2v) is 5.94. The average Bonchev–Trinajstić information content (AvgIpc) is 2.61. The van der Waals surface area contributed by atoms with Crippen molar-refractivity contribution in [1.82, 2.24) is 0 Å². The largest absolute Gasteiger partial charge is 0.449 e. The molecule has 1 amide bonds. The highest BCUT2D eigenvalue weighted by Gasteiger charge is 2.20. The molecule has 0 saturated heterocycles. The Morgan fingerprint density at radius 1 is 1.08 bits per heavy atom. The van der Waals surface area contributed by atoms with Crippen LogP contribution in [-0.4, -0.2) is 18.0 Å². The second-order valence-electron chi connectivity index (χ2n) is 5.94. The topological polar surface area (TPSA) is 55.4 Å². The maximum atomic E-state index is 12.9. The number of rotatable bonds is 6. The number of hydrogen-bond donors (Lipinski definition) is 1. The van der Waals surface area contributed by atoms with Crippen molar-refractivity contribution in [3.8, 4) is 0 Å². The molecule has 2 atom stereocenters. The number of halogens is 1. The predicted molar refractivity (Wildman–Crippen MR) is 95.1 cm³/mol. The Balaban J connectivity index is 2.03.